The van der Waals surface area contributed by atoms with Crippen molar-refractivity contribution in [1.82, 2.24) is 20.0 Å². The zero-order chi connectivity index (χ0) is 25.2. The number of carbonyl (C=O) groups excluding carboxylic acids is 1. The number of alkyl halides is 4. The summed E-state index contributed by atoms with van der Waals surface area (Å²) >= 11 is 0. The molecule has 2 fully saturated rings. The van der Waals surface area contributed by atoms with E-state index in [4.69, 9.17) is 4.74 Å². The van der Waals surface area contributed by atoms with Crippen LogP contribution in [0.4, 0.5) is 22.4 Å². The smallest absolute Gasteiger partial charge is 0.423 e. The number of nitrogens with zero attached hydrogens (tertiary/aromatic N) is 3. The van der Waals surface area contributed by atoms with E-state index in [2.05, 4.69) is 10.2 Å². The monoisotopic (exact) mass is 516 g/mol. The number of nitrogens with one attached hydrogen (secondary N) is 1. The van der Waals surface area contributed by atoms with Crippen LogP contribution in [-0.2, 0) is 10.8 Å². The van der Waals surface area contributed by atoms with Gasteiger partial charge in [-0.25, -0.2) is 9.18 Å². The van der Waals surface area contributed by atoms with Gasteiger partial charge in [0, 0.05) is 72.1 Å². The van der Waals surface area contributed by atoms with E-state index in [-0.39, 0.29) is 24.4 Å². The molecule has 3 unspecified atom stereocenters. The molecule has 3 atom stereocenters. The first kappa shape index (κ1) is 25.5. The van der Waals surface area contributed by atoms with Crippen molar-refractivity contribution in [3.05, 3.63) is 47.2 Å². The van der Waals surface area contributed by atoms with Crippen LogP contribution in [-0.4, -0.2) is 80.7 Å². The Morgan fingerprint density at radius 1 is 1.20 bits per heavy atom. The Labute approximate surface area is 203 Å². The number of halogens is 4. The van der Waals surface area contributed by atoms with Crippen LogP contribution in [0.1, 0.15) is 48.2 Å². The summed E-state index contributed by atoms with van der Waals surface area (Å²) in [5, 5.41) is 7.09. The molecule has 192 valence electrons. The maximum absolute atomic E-state index is 14.0. The molecule has 1 aromatic carbocycles. The van der Waals surface area contributed by atoms with Gasteiger partial charge in [-0.05, 0) is 24.5 Å². The third kappa shape index (κ3) is 5.96. The number of hydrogen-bond donors (Lipinski definition) is 1. The van der Waals surface area contributed by atoms with E-state index in [9.17, 15) is 26.6 Å². The minimum absolute atomic E-state index is 0.175. The maximum atomic E-state index is 14.0. The van der Waals surface area contributed by atoms with Crippen molar-refractivity contribution in [2.45, 2.75) is 37.5 Å². The molecule has 0 spiro atoms. The van der Waals surface area contributed by atoms with Gasteiger partial charge in [-0.15, -0.1) is 5.10 Å². The maximum Gasteiger partial charge on any atom is 0.423 e. The first-order chi connectivity index (χ1) is 16.7. The molecule has 35 heavy (non-hydrogen) atoms. The van der Waals surface area contributed by atoms with Crippen molar-refractivity contribution in [3.8, 4) is 5.88 Å². The highest BCUT2D eigenvalue weighted by molar-refractivity contribution is 7.85. The van der Waals surface area contributed by atoms with Gasteiger partial charge in [0.05, 0.1) is 6.61 Å². The second-order valence-corrected chi connectivity index (χ2v) is 10.5. The molecule has 0 bridgehead atoms. The van der Waals surface area contributed by atoms with E-state index in [1.165, 1.54) is 12.1 Å². The Morgan fingerprint density at radius 2 is 1.91 bits per heavy atom. The third-order valence-corrected chi connectivity index (χ3v) is 7.71. The van der Waals surface area contributed by atoms with Crippen LogP contribution in [0.3, 0.4) is 0 Å². The Morgan fingerprint density at radius 3 is 2.60 bits per heavy atom. The number of likely N-dealkylation sites (tertiary alicyclic amines) is 1. The van der Waals surface area contributed by atoms with E-state index in [1.807, 2.05) is 6.92 Å². The molecular formula is C23H28F4N4O3S. The highest BCUT2D eigenvalue weighted by atomic mass is 32.2. The lowest BCUT2D eigenvalue weighted by atomic mass is 9.82. The van der Waals surface area contributed by atoms with Gasteiger partial charge in [-0.2, -0.15) is 13.2 Å². The Balaban J connectivity index is 1.60. The fraction of sp³-hybridized carbons (Fsp3) is 0.565. The number of urea groups is 1. The number of rotatable bonds is 5. The number of benzene rings is 1. The van der Waals surface area contributed by atoms with Gasteiger partial charge in [-0.1, -0.05) is 24.3 Å². The zero-order valence-electron chi connectivity index (χ0n) is 19.3. The second kappa shape index (κ2) is 10.5. The number of amides is 2. The lowest BCUT2D eigenvalue weighted by Crippen LogP contribution is -2.52. The summed E-state index contributed by atoms with van der Waals surface area (Å²) in [5.74, 6) is 0.777. The largest absolute Gasteiger partial charge is 0.477 e. The molecule has 0 saturated carbocycles. The topological polar surface area (TPSA) is 78.5 Å². The van der Waals surface area contributed by atoms with Gasteiger partial charge < -0.3 is 14.5 Å². The molecule has 4 rings (SSSR count). The minimum Gasteiger partial charge on any atom is -0.477 e. The Hall–Kier alpha value is -2.63. The molecule has 2 aliphatic rings. The highest BCUT2D eigenvalue weighted by Gasteiger charge is 2.42. The van der Waals surface area contributed by atoms with Crippen LogP contribution in [0, 0.1) is 0 Å². The summed E-state index contributed by atoms with van der Waals surface area (Å²) in [5.41, 5.74) is 0.848. The van der Waals surface area contributed by atoms with Gasteiger partial charge in [0.15, 0.2) is 0 Å². The molecule has 3 heterocycles. The van der Waals surface area contributed by atoms with Crippen LogP contribution in [0.2, 0.25) is 0 Å². The SMILES string of the molecule is CCOc1cc(C2CC(c3cccc(C(F)C(F)(F)F)c3)CN(C(=O)N3CCS(=O)CC3)C2)[nH]n1. The molecule has 1 N–H and O–H groups in total. The van der Waals surface area contributed by atoms with E-state index in [0.717, 1.165) is 11.8 Å². The Kier molecular flexibility index (Phi) is 7.67. The van der Waals surface area contributed by atoms with Crippen LogP contribution in [0.5, 0.6) is 5.88 Å². The first-order valence-electron chi connectivity index (χ1n) is 11.5. The molecule has 2 aliphatic heterocycles. The van der Waals surface area contributed by atoms with Crippen molar-refractivity contribution in [1.29, 1.82) is 0 Å². The van der Waals surface area contributed by atoms with Gasteiger partial charge in [-0.3, -0.25) is 9.31 Å². The molecule has 7 nitrogen and oxygen atoms in total. The van der Waals surface area contributed by atoms with E-state index < -0.39 is 28.7 Å². The molecule has 12 heteroatoms. The normalized spacial score (nSPS) is 22.8. The molecular weight excluding hydrogens is 488 g/mol. The number of piperidine rings is 1. The summed E-state index contributed by atoms with van der Waals surface area (Å²) in [4.78, 5) is 16.7. The number of H-pyrrole nitrogens is 1. The lowest BCUT2D eigenvalue weighted by molar-refractivity contribution is -0.182. The molecule has 2 amide bonds. The molecule has 2 saturated heterocycles. The standard InChI is InChI=1S/C23H28F4N4O3S/c1-2-34-20-12-19(28-29-20)18-11-17(15-4-3-5-16(10-15)21(24)23(25,26)27)13-31(14-18)22(32)30-6-8-35(33)9-7-30/h3-5,10,12,17-18,21H,2,6-9,11,13-14H2,1H3,(H,28,29). The van der Waals surface area contributed by atoms with Crippen molar-refractivity contribution in [2.24, 2.45) is 0 Å². The molecule has 0 aliphatic carbocycles. The molecule has 2 aromatic rings. The van der Waals surface area contributed by atoms with Crippen molar-refractivity contribution < 1.29 is 31.3 Å². The van der Waals surface area contributed by atoms with E-state index in [0.29, 0.717) is 55.6 Å². The zero-order valence-corrected chi connectivity index (χ0v) is 20.1. The number of carbonyl (C=O) groups is 1. The third-order valence-electron chi connectivity index (χ3n) is 6.44. The highest BCUT2D eigenvalue weighted by Crippen LogP contribution is 2.40. The average Bonchev–Trinajstić information content (AvgIpc) is 3.32. The van der Waals surface area contributed by atoms with Gasteiger partial charge in [0.25, 0.3) is 0 Å². The Bertz CT molecular complexity index is 1050. The fourth-order valence-corrected chi connectivity index (χ4v) is 5.71. The summed E-state index contributed by atoms with van der Waals surface area (Å²) in [6.45, 7) is 3.73. The lowest BCUT2D eigenvalue weighted by Gasteiger charge is -2.41. The van der Waals surface area contributed by atoms with Crippen LogP contribution >= 0.6 is 0 Å². The summed E-state index contributed by atoms with van der Waals surface area (Å²) in [7, 11) is -0.937. The average molecular weight is 517 g/mol. The quantitative estimate of drug-likeness (QED) is 0.606. The molecule has 1 aromatic heterocycles. The molecule has 0 radical (unpaired) electrons. The van der Waals surface area contributed by atoms with Crippen LogP contribution in [0.25, 0.3) is 0 Å². The van der Waals surface area contributed by atoms with E-state index >= 15 is 0 Å². The van der Waals surface area contributed by atoms with Crippen molar-refractivity contribution in [2.75, 3.05) is 44.3 Å². The van der Waals surface area contributed by atoms with E-state index in [1.54, 1.807) is 21.9 Å². The predicted molar refractivity (Wildman–Crippen MR) is 123 cm³/mol. The van der Waals surface area contributed by atoms with Crippen LogP contribution in [0.15, 0.2) is 30.3 Å². The fourth-order valence-electron chi connectivity index (χ4n) is 4.66. The van der Waals surface area contributed by atoms with Crippen molar-refractivity contribution >= 4 is 16.8 Å². The number of ether oxygens (including phenoxy) is 1. The van der Waals surface area contributed by atoms with Gasteiger partial charge >= 0.3 is 12.2 Å². The van der Waals surface area contributed by atoms with Crippen LogP contribution < -0.4 is 4.74 Å². The number of aromatic nitrogens is 2. The second-order valence-electron chi connectivity index (χ2n) is 8.82. The number of aromatic amines is 1. The summed E-state index contributed by atoms with van der Waals surface area (Å²) in [6, 6.07) is 7.03. The van der Waals surface area contributed by atoms with Gasteiger partial charge in [0.2, 0.25) is 12.1 Å². The first-order valence-corrected chi connectivity index (χ1v) is 13.0. The minimum atomic E-state index is -4.99. The van der Waals surface area contributed by atoms with Gasteiger partial charge in [0.1, 0.15) is 0 Å². The summed E-state index contributed by atoms with van der Waals surface area (Å²) in [6.07, 6.45) is -7.53. The predicted octanol–water partition coefficient (Wildman–Crippen LogP) is 4.14. The summed E-state index contributed by atoms with van der Waals surface area (Å²) < 4.78 is 70.1. The number of hydrogen-bond acceptors (Lipinski definition) is 4. The van der Waals surface area contributed by atoms with Crippen molar-refractivity contribution in [3.63, 3.8) is 0 Å².